The summed E-state index contributed by atoms with van der Waals surface area (Å²) in [7, 11) is 0. The third kappa shape index (κ3) is 8.57. The maximum atomic E-state index is 13.6. The van der Waals surface area contributed by atoms with Crippen LogP contribution in [0, 0.1) is 5.92 Å². The molecular formula is C33H38N4O5. The van der Waals surface area contributed by atoms with Crippen LogP contribution in [0.15, 0.2) is 85.2 Å². The van der Waals surface area contributed by atoms with Gasteiger partial charge in [0, 0.05) is 12.4 Å². The number of ketones is 1. The van der Waals surface area contributed by atoms with E-state index in [-0.39, 0.29) is 24.0 Å². The fourth-order valence-corrected chi connectivity index (χ4v) is 4.77. The molecule has 3 N–H and O–H groups in total. The Kier molecular flexibility index (Phi) is 10.2. The number of hydrogen-bond donors (Lipinski definition) is 3. The van der Waals surface area contributed by atoms with Gasteiger partial charge in [0.2, 0.25) is 11.8 Å². The molecule has 220 valence electrons. The molecule has 0 bridgehead atoms. The highest BCUT2D eigenvalue weighted by Crippen LogP contribution is 2.29. The lowest BCUT2D eigenvalue weighted by Crippen LogP contribution is -2.50. The quantitative estimate of drug-likeness (QED) is 0.254. The third-order valence-corrected chi connectivity index (χ3v) is 7.19. The first-order chi connectivity index (χ1) is 20.1. The van der Waals surface area contributed by atoms with Crippen LogP contribution in [-0.4, -0.2) is 52.8 Å². The highest BCUT2D eigenvalue weighted by Gasteiger charge is 2.50. The van der Waals surface area contributed by atoms with E-state index in [1.54, 1.807) is 25.3 Å². The summed E-state index contributed by atoms with van der Waals surface area (Å²) in [6.45, 7) is 5.97. The molecule has 9 nitrogen and oxygen atoms in total. The normalized spacial score (nSPS) is 17.9. The van der Waals surface area contributed by atoms with E-state index in [0.29, 0.717) is 25.0 Å². The highest BCUT2D eigenvalue weighted by molar-refractivity contribution is 5.98. The molecule has 1 aromatic heterocycles. The number of pyridine rings is 1. The molecule has 1 aliphatic heterocycles. The molecule has 3 aromatic rings. The molecule has 42 heavy (non-hydrogen) atoms. The summed E-state index contributed by atoms with van der Waals surface area (Å²) in [5, 5.41) is 8.71. The van der Waals surface area contributed by atoms with Crippen molar-refractivity contribution in [3.05, 3.63) is 102 Å². The van der Waals surface area contributed by atoms with Crippen LogP contribution in [-0.2, 0) is 25.5 Å². The number of carbonyl (C=O) groups is 4. The highest BCUT2D eigenvalue weighted by atomic mass is 16.6. The van der Waals surface area contributed by atoms with E-state index in [1.807, 2.05) is 74.5 Å². The molecule has 2 aromatic carbocycles. The van der Waals surface area contributed by atoms with E-state index in [4.69, 9.17) is 4.74 Å². The van der Waals surface area contributed by atoms with Crippen LogP contribution in [0.4, 0.5) is 0 Å². The van der Waals surface area contributed by atoms with Gasteiger partial charge in [0.05, 0.1) is 30.7 Å². The van der Waals surface area contributed by atoms with Gasteiger partial charge in [0.15, 0.2) is 5.78 Å². The van der Waals surface area contributed by atoms with Crippen LogP contribution in [0.25, 0.3) is 0 Å². The second-order valence-corrected chi connectivity index (χ2v) is 11.3. The van der Waals surface area contributed by atoms with Crippen LogP contribution in [0.3, 0.4) is 0 Å². The van der Waals surface area contributed by atoms with Gasteiger partial charge in [-0.2, -0.15) is 0 Å². The lowest BCUT2D eigenvalue weighted by atomic mass is 9.94. The van der Waals surface area contributed by atoms with Gasteiger partial charge in [-0.05, 0) is 48.9 Å². The summed E-state index contributed by atoms with van der Waals surface area (Å²) in [6, 6.07) is 19.6. The summed E-state index contributed by atoms with van der Waals surface area (Å²) in [5.41, 5.74) is 1.08. The first-order valence-corrected chi connectivity index (χ1v) is 14.2. The number of nitrogens with one attached hydrogen (secondary N) is 3. The Morgan fingerprint density at radius 3 is 2.14 bits per heavy atom. The SMILES string of the molecule is CC(C)C[C@H](NC(=O)c1cccnc1)C(=O)NC(CC(=O)N[C@@H](Cc1ccccc1)C(=O)[C@@]1(C)CO1)c1ccccc1. The van der Waals surface area contributed by atoms with Crippen molar-refractivity contribution in [2.24, 2.45) is 5.92 Å². The number of hydrogen-bond acceptors (Lipinski definition) is 6. The largest absolute Gasteiger partial charge is 0.361 e. The Hall–Kier alpha value is -4.37. The monoisotopic (exact) mass is 570 g/mol. The van der Waals surface area contributed by atoms with Gasteiger partial charge in [0.1, 0.15) is 11.6 Å². The predicted octanol–water partition coefficient (Wildman–Crippen LogP) is 3.56. The molecule has 0 aliphatic carbocycles. The number of Topliss-reactive ketones (excluding diaryl/α,β-unsaturated/α-hetero) is 1. The van der Waals surface area contributed by atoms with Crippen LogP contribution >= 0.6 is 0 Å². The van der Waals surface area contributed by atoms with Crippen molar-refractivity contribution >= 4 is 23.5 Å². The Morgan fingerprint density at radius 1 is 0.881 bits per heavy atom. The molecule has 4 atom stereocenters. The smallest absolute Gasteiger partial charge is 0.253 e. The van der Waals surface area contributed by atoms with Gasteiger partial charge in [0.25, 0.3) is 5.91 Å². The number of carbonyl (C=O) groups excluding carboxylic acids is 4. The first-order valence-electron chi connectivity index (χ1n) is 14.2. The lowest BCUT2D eigenvalue weighted by Gasteiger charge is -2.26. The molecule has 9 heteroatoms. The standard InChI is InChI=1S/C33H38N4O5/c1-22(2)17-28(37-31(40)25-15-10-16-34-20-25)32(41)36-26(24-13-8-5-9-14-24)19-29(38)35-27(30(39)33(3)21-42-33)18-23-11-6-4-7-12-23/h4-16,20,22,26-28H,17-19,21H2,1-3H3,(H,35,38)(H,36,41)(H,37,40)/t26?,27-,28-,33+/m0/s1. The van der Waals surface area contributed by atoms with Gasteiger partial charge in [-0.25, -0.2) is 0 Å². The van der Waals surface area contributed by atoms with Crippen molar-refractivity contribution in [1.82, 2.24) is 20.9 Å². The molecule has 2 heterocycles. The number of rotatable bonds is 14. The maximum absolute atomic E-state index is 13.6. The van der Waals surface area contributed by atoms with E-state index in [9.17, 15) is 19.2 Å². The van der Waals surface area contributed by atoms with Crippen molar-refractivity contribution < 1.29 is 23.9 Å². The van der Waals surface area contributed by atoms with Crippen LogP contribution in [0.2, 0.25) is 0 Å². The molecule has 1 unspecified atom stereocenters. The maximum Gasteiger partial charge on any atom is 0.253 e. The molecule has 1 aliphatic rings. The number of aromatic nitrogens is 1. The number of amides is 3. The van der Waals surface area contributed by atoms with Gasteiger partial charge < -0.3 is 20.7 Å². The summed E-state index contributed by atoms with van der Waals surface area (Å²) in [6.07, 6.45) is 3.63. The van der Waals surface area contributed by atoms with E-state index >= 15 is 0 Å². The molecule has 0 saturated carbocycles. The average molecular weight is 571 g/mol. The minimum atomic E-state index is -0.906. The zero-order valence-electron chi connectivity index (χ0n) is 24.2. The number of epoxide rings is 1. The van der Waals surface area contributed by atoms with Gasteiger partial charge in [-0.15, -0.1) is 0 Å². The Morgan fingerprint density at radius 2 is 1.55 bits per heavy atom. The van der Waals surface area contributed by atoms with Crippen LogP contribution < -0.4 is 16.0 Å². The van der Waals surface area contributed by atoms with Gasteiger partial charge >= 0.3 is 0 Å². The summed E-state index contributed by atoms with van der Waals surface area (Å²) >= 11 is 0. The van der Waals surface area contributed by atoms with E-state index < -0.39 is 35.5 Å². The van der Waals surface area contributed by atoms with Crippen molar-refractivity contribution in [3.8, 4) is 0 Å². The minimum absolute atomic E-state index is 0.100. The van der Waals surface area contributed by atoms with Gasteiger partial charge in [-0.3, -0.25) is 24.2 Å². The second kappa shape index (κ2) is 14.0. The van der Waals surface area contributed by atoms with Gasteiger partial charge in [-0.1, -0.05) is 74.5 Å². The zero-order valence-corrected chi connectivity index (χ0v) is 24.2. The van der Waals surface area contributed by atoms with Crippen LogP contribution in [0.1, 0.15) is 61.1 Å². The Labute approximate surface area is 246 Å². The van der Waals surface area contributed by atoms with E-state index in [1.165, 1.54) is 6.20 Å². The molecule has 1 fully saturated rings. The number of benzene rings is 2. The first kappa shape index (κ1) is 30.6. The molecule has 3 amide bonds. The van der Waals surface area contributed by atoms with Crippen molar-refractivity contribution in [1.29, 1.82) is 0 Å². The zero-order chi connectivity index (χ0) is 30.1. The fourth-order valence-electron chi connectivity index (χ4n) is 4.77. The van der Waals surface area contributed by atoms with E-state index in [2.05, 4.69) is 20.9 Å². The topological polar surface area (TPSA) is 130 Å². The minimum Gasteiger partial charge on any atom is -0.361 e. The van der Waals surface area contributed by atoms with Crippen molar-refractivity contribution in [2.75, 3.05) is 6.61 Å². The molecule has 0 radical (unpaired) electrons. The number of nitrogens with zero attached hydrogens (tertiary/aromatic N) is 1. The molecule has 4 rings (SSSR count). The van der Waals surface area contributed by atoms with Crippen LogP contribution in [0.5, 0.6) is 0 Å². The Bertz CT molecular complexity index is 1360. The predicted molar refractivity (Wildman–Crippen MR) is 158 cm³/mol. The second-order valence-electron chi connectivity index (χ2n) is 11.3. The van der Waals surface area contributed by atoms with Crippen molar-refractivity contribution in [3.63, 3.8) is 0 Å². The lowest BCUT2D eigenvalue weighted by molar-refractivity contribution is -0.131. The Balaban J connectivity index is 1.50. The number of ether oxygens (including phenoxy) is 1. The average Bonchev–Trinajstić information content (AvgIpc) is 3.75. The van der Waals surface area contributed by atoms with E-state index in [0.717, 1.165) is 11.1 Å². The van der Waals surface area contributed by atoms with Crippen molar-refractivity contribution in [2.45, 2.75) is 63.8 Å². The third-order valence-electron chi connectivity index (χ3n) is 7.19. The summed E-state index contributed by atoms with van der Waals surface area (Å²) < 4.78 is 5.39. The molecular weight excluding hydrogens is 532 g/mol. The summed E-state index contributed by atoms with van der Waals surface area (Å²) in [4.78, 5) is 57.1. The summed E-state index contributed by atoms with van der Waals surface area (Å²) in [5.74, 6) is -1.27. The molecule has 0 spiro atoms. The fraction of sp³-hybridized carbons (Fsp3) is 0.364. The molecule has 1 saturated heterocycles.